The Morgan fingerprint density at radius 3 is 2.04 bits per heavy atom. The molecule has 0 spiro atoms. The molecular formula is C18H12ClF3N2O. The molecule has 3 rings (SSSR count). The molecule has 128 valence electrons. The molecule has 3 nitrogen and oxygen atoms in total. The molecule has 1 heterocycles. The van der Waals surface area contributed by atoms with Gasteiger partial charge in [0.2, 0.25) is 0 Å². The summed E-state index contributed by atoms with van der Waals surface area (Å²) in [6.07, 6.45) is -4.58. The van der Waals surface area contributed by atoms with Gasteiger partial charge in [0.15, 0.2) is 5.82 Å². The molecule has 0 unspecified atom stereocenters. The number of nitrogens with zero attached hydrogens (tertiary/aromatic N) is 2. The lowest BCUT2D eigenvalue weighted by Gasteiger charge is -2.11. The minimum atomic E-state index is -4.58. The average Bonchev–Trinajstić information content (AvgIpc) is 2.61. The fourth-order valence-corrected chi connectivity index (χ4v) is 2.36. The zero-order chi connectivity index (χ0) is 18.0. The van der Waals surface area contributed by atoms with Crippen molar-refractivity contribution in [3.63, 3.8) is 0 Å². The second kappa shape index (κ2) is 6.72. The van der Waals surface area contributed by atoms with E-state index in [0.29, 0.717) is 21.9 Å². The number of ether oxygens (including phenoxy) is 1. The van der Waals surface area contributed by atoms with Gasteiger partial charge in [-0.2, -0.15) is 13.2 Å². The molecule has 7 heteroatoms. The third-order valence-corrected chi connectivity index (χ3v) is 3.76. The molecular weight excluding hydrogens is 353 g/mol. The molecule has 0 aliphatic heterocycles. The van der Waals surface area contributed by atoms with E-state index in [2.05, 4.69) is 9.97 Å². The van der Waals surface area contributed by atoms with Crippen molar-refractivity contribution in [2.24, 2.45) is 0 Å². The first-order chi connectivity index (χ1) is 11.9. The van der Waals surface area contributed by atoms with Crippen LogP contribution in [0.4, 0.5) is 13.2 Å². The Labute approximate surface area is 147 Å². The van der Waals surface area contributed by atoms with Gasteiger partial charge < -0.3 is 4.74 Å². The van der Waals surface area contributed by atoms with Crippen LogP contribution < -0.4 is 4.74 Å². The van der Waals surface area contributed by atoms with Crippen LogP contribution in [0.3, 0.4) is 0 Å². The van der Waals surface area contributed by atoms with E-state index >= 15 is 0 Å². The van der Waals surface area contributed by atoms with E-state index in [1.165, 1.54) is 7.11 Å². The molecule has 2 aromatic carbocycles. The molecule has 0 aliphatic rings. The van der Waals surface area contributed by atoms with Gasteiger partial charge in [0.1, 0.15) is 11.4 Å². The summed E-state index contributed by atoms with van der Waals surface area (Å²) < 4.78 is 44.8. The Kier molecular flexibility index (Phi) is 4.63. The zero-order valence-corrected chi connectivity index (χ0v) is 13.8. The van der Waals surface area contributed by atoms with Crippen LogP contribution in [0.2, 0.25) is 5.02 Å². The lowest BCUT2D eigenvalue weighted by Crippen LogP contribution is -2.10. The third kappa shape index (κ3) is 3.91. The van der Waals surface area contributed by atoms with E-state index < -0.39 is 11.9 Å². The maximum atomic E-state index is 13.2. The number of benzene rings is 2. The Balaban J connectivity index is 2.14. The van der Waals surface area contributed by atoms with Crippen molar-refractivity contribution in [1.29, 1.82) is 0 Å². The molecule has 0 saturated heterocycles. The molecule has 0 radical (unpaired) electrons. The Hall–Kier alpha value is -2.60. The number of rotatable bonds is 3. The fraction of sp³-hybridized carbons (Fsp3) is 0.111. The predicted octanol–water partition coefficient (Wildman–Crippen LogP) is 5.49. The van der Waals surface area contributed by atoms with Crippen LogP contribution in [-0.2, 0) is 6.18 Å². The highest BCUT2D eigenvalue weighted by Gasteiger charge is 2.34. The second-order valence-electron chi connectivity index (χ2n) is 5.20. The standard InChI is InChI=1S/C18H12ClF3N2O/c1-25-14-8-4-11(5-9-14)15-10-16(18(20,21)22)24-17(23-15)12-2-6-13(19)7-3-12/h2-10H,1H3. The summed E-state index contributed by atoms with van der Waals surface area (Å²) in [4.78, 5) is 7.94. The van der Waals surface area contributed by atoms with Gasteiger partial charge in [0.05, 0.1) is 12.8 Å². The van der Waals surface area contributed by atoms with Crippen LogP contribution in [0.1, 0.15) is 5.69 Å². The highest BCUT2D eigenvalue weighted by Crippen LogP contribution is 2.32. The minimum Gasteiger partial charge on any atom is -0.497 e. The van der Waals surface area contributed by atoms with Crippen molar-refractivity contribution in [2.45, 2.75) is 6.18 Å². The fourth-order valence-electron chi connectivity index (χ4n) is 2.23. The lowest BCUT2D eigenvalue weighted by molar-refractivity contribution is -0.141. The highest BCUT2D eigenvalue weighted by atomic mass is 35.5. The van der Waals surface area contributed by atoms with Crippen molar-refractivity contribution in [3.8, 4) is 28.4 Å². The Bertz CT molecular complexity index is 878. The van der Waals surface area contributed by atoms with Crippen LogP contribution >= 0.6 is 11.6 Å². The van der Waals surface area contributed by atoms with Gasteiger partial charge in [0.25, 0.3) is 0 Å². The topological polar surface area (TPSA) is 35.0 Å². The molecule has 3 aromatic rings. The van der Waals surface area contributed by atoms with E-state index in [4.69, 9.17) is 16.3 Å². The molecule has 1 aromatic heterocycles. The molecule has 0 saturated carbocycles. The number of alkyl halides is 3. The van der Waals surface area contributed by atoms with Gasteiger partial charge in [-0.05, 0) is 54.6 Å². The summed E-state index contributed by atoms with van der Waals surface area (Å²) in [6, 6.07) is 13.9. The maximum Gasteiger partial charge on any atom is 0.433 e. The van der Waals surface area contributed by atoms with Gasteiger partial charge in [-0.25, -0.2) is 9.97 Å². The molecule has 25 heavy (non-hydrogen) atoms. The monoisotopic (exact) mass is 364 g/mol. The zero-order valence-electron chi connectivity index (χ0n) is 13.0. The summed E-state index contributed by atoms with van der Waals surface area (Å²) >= 11 is 5.83. The smallest absolute Gasteiger partial charge is 0.433 e. The molecule has 0 bridgehead atoms. The van der Waals surface area contributed by atoms with E-state index in [1.54, 1.807) is 48.5 Å². The van der Waals surface area contributed by atoms with Crippen LogP contribution in [-0.4, -0.2) is 17.1 Å². The minimum absolute atomic E-state index is 0.0164. The summed E-state index contributed by atoms with van der Waals surface area (Å²) in [5, 5.41) is 0.478. The van der Waals surface area contributed by atoms with Gasteiger partial charge in [0, 0.05) is 16.1 Å². The first kappa shape index (κ1) is 17.2. The summed E-state index contributed by atoms with van der Waals surface area (Å²) in [6.45, 7) is 0. The van der Waals surface area contributed by atoms with Crippen LogP contribution in [0.5, 0.6) is 5.75 Å². The largest absolute Gasteiger partial charge is 0.497 e. The number of hydrogen-bond donors (Lipinski definition) is 0. The first-order valence-corrected chi connectivity index (χ1v) is 7.61. The van der Waals surface area contributed by atoms with Crippen molar-refractivity contribution in [1.82, 2.24) is 9.97 Å². The van der Waals surface area contributed by atoms with Gasteiger partial charge >= 0.3 is 6.18 Å². The number of methoxy groups -OCH3 is 1. The number of aromatic nitrogens is 2. The molecule has 0 atom stereocenters. The Morgan fingerprint density at radius 1 is 0.880 bits per heavy atom. The third-order valence-electron chi connectivity index (χ3n) is 3.50. The SMILES string of the molecule is COc1ccc(-c2cc(C(F)(F)F)nc(-c3ccc(Cl)cc3)n2)cc1. The maximum absolute atomic E-state index is 13.2. The average molecular weight is 365 g/mol. The van der Waals surface area contributed by atoms with Gasteiger partial charge in [-0.3, -0.25) is 0 Å². The molecule has 0 N–H and O–H groups in total. The van der Waals surface area contributed by atoms with Crippen LogP contribution in [0, 0.1) is 0 Å². The second-order valence-corrected chi connectivity index (χ2v) is 5.63. The van der Waals surface area contributed by atoms with E-state index in [-0.39, 0.29) is 11.5 Å². The van der Waals surface area contributed by atoms with Crippen molar-refractivity contribution >= 4 is 11.6 Å². The van der Waals surface area contributed by atoms with Crippen molar-refractivity contribution < 1.29 is 17.9 Å². The Morgan fingerprint density at radius 2 is 1.48 bits per heavy atom. The number of halogens is 4. The lowest BCUT2D eigenvalue weighted by atomic mass is 10.1. The normalized spacial score (nSPS) is 11.4. The van der Waals surface area contributed by atoms with Crippen molar-refractivity contribution in [2.75, 3.05) is 7.11 Å². The van der Waals surface area contributed by atoms with Gasteiger partial charge in [-0.1, -0.05) is 11.6 Å². The predicted molar refractivity (Wildman–Crippen MR) is 89.5 cm³/mol. The van der Waals surface area contributed by atoms with Gasteiger partial charge in [-0.15, -0.1) is 0 Å². The van der Waals surface area contributed by atoms with Crippen LogP contribution in [0.25, 0.3) is 22.6 Å². The summed E-state index contributed by atoms with van der Waals surface area (Å²) in [5.74, 6) is 0.587. The quantitative estimate of drug-likeness (QED) is 0.616. The first-order valence-electron chi connectivity index (χ1n) is 7.23. The van der Waals surface area contributed by atoms with Crippen LogP contribution in [0.15, 0.2) is 54.6 Å². The van der Waals surface area contributed by atoms with Crippen molar-refractivity contribution in [3.05, 3.63) is 65.3 Å². The summed E-state index contributed by atoms with van der Waals surface area (Å²) in [7, 11) is 1.51. The molecule has 0 amide bonds. The molecule has 0 fully saturated rings. The summed E-state index contributed by atoms with van der Waals surface area (Å²) in [5.41, 5.74) is 0.155. The van der Waals surface area contributed by atoms with E-state index in [1.807, 2.05) is 0 Å². The van der Waals surface area contributed by atoms with E-state index in [0.717, 1.165) is 6.07 Å². The van der Waals surface area contributed by atoms with E-state index in [9.17, 15) is 13.2 Å². The molecule has 0 aliphatic carbocycles. The highest BCUT2D eigenvalue weighted by molar-refractivity contribution is 6.30. The number of hydrogen-bond acceptors (Lipinski definition) is 3.